The van der Waals surface area contributed by atoms with Crippen LogP contribution in [-0.4, -0.2) is 32.9 Å². The first-order chi connectivity index (χ1) is 9.34. The van der Waals surface area contributed by atoms with Gasteiger partial charge in [-0.1, -0.05) is 43.7 Å². The van der Waals surface area contributed by atoms with Crippen LogP contribution in [-0.2, 0) is 9.47 Å². The lowest BCUT2D eigenvalue weighted by Gasteiger charge is -2.13. The fourth-order valence-electron chi connectivity index (χ4n) is 1.75. The van der Waals surface area contributed by atoms with Crippen molar-refractivity contribution < 1.29 is 9.47 Å². The zero-order valence-electron chi connectivity index (χ0n) is 12.2. The highest BCUT2D eigenvalue weighted by Gasteiger charge is 2.03. The molecule has 0 fully saturated rings. The zero-order valence-corrected chi connectivity index (χ0v) is 12.2. The van der Waals surface area contributed by atoms with E-state index in [1.807, 2.05) is 18.2 Å². The van der Waals surface area contributed by atoms with Crippen molar-refractivity contribution in [2.75, 3.05) is 32.9 Å². The summed E-state index contributed by atoms with van der Waals surface area (Å²) in [6.07, 6.45) is 2.50. The Balaban J connectivity index is 1.93. The number of benzene rings is 1. The molecule has 0 heterocycles. The van der Waals surface area contributed by atoms with Crippen molar-refractivity contribution in [3.63, 3.8) is 0 Å². The summed E-state index contributed by atoms with van der Waals surface area (Å²) in [5.41, 5.74) is 1.23. The predicted molar refractivity (Wildman–Crippen MR) is 79.4 cm³/mol. The third-order valence-electron chi connectivity index (χ3n) is 2.98. The summed E-state index contributed by atoms with van der Waals surface area (Å²) < 4.78 is 11.2. The molecule has 0 spiro atoms. The Morgan fingerprint density at radius 2 is 1.79 bits per heavy atom. The van der Waals surface area contributed by atoms with Crippen LogP contribution in [0, 0.1) is 0 Å². The average Bonchev–Trinajstić information content (AvgIpc) is 2.46. The van der Waals surface area contributed by atoms with Gasteiger partial charge in [0.15, 0.2) is 0 Å². The minimum atomic E-state index is 0.156. The van der Waals surface area contributed by atoms with Gasteiger partial charge < -0.3 is 14.8 Å². The van der Waals surface area contributed by atoms with E-state index in [4.69, 9.17) is 9.47 Å². The van der Waals surface area contributed by atoms with Gasteiger partial charge >= 0.3 is 0 Å². The van der Waals surface area contributed by atoms with Crippen LogP contribution >= 0.6 is 0 Å². The second kappa shape index (κ2) is 11.0. The number of hydrogen-bond acceptors (Lipinski definition) is 3. The molecule has 0 bridgehead atoms. The van der Waals surface area contributed by atoms with Crippen LogP contribution in [0.5, 0.6) is 0 Å². The molecule has 1 N–H and O–H groups in total. The minimum absolute atomic E-state index is 0.156. The van der Waals surface area contributed by atoms with Crippen LogP contribution in [0.15, 0.2) is 30.3 Å². The van der Waals surface area contributed by atoms with Crippen molar-refractivity contribution in [1.29, 1.82) is 0 Å². The standard InChI is InChI=1S/C16H27NO2/c1-3-4-12-18-13-10-17-11-14-19-15(2)16-8-6-5-7-9-16/h5-9,15,17H,3-4,10-14H2,1-2H3. The van der Waals surface area contributed by atoms with E-state index < -0.39 is 0 Å². The van der Waals surface area contributed by atoms with Gasteiger partial charge in [-0.05, 0) is 18.9 Å². The average molecular weight is 265 g/mol. The molecule has 0 aromatic heterocycles. The molecule has 3 heteroatoms. The Morgan fingerprint density at radius 1 is 1.05 bits per heavy atom. The normalized spacial score (nSPS) is 12.5. The van der Waals surface area contributed by atoms with Crippen molar-refractivity contribution in [2.45, 2.75) is 32.8 Å². The summed E-state index contributed by atoms with van der Waals surface area (Å²) in [4.78, 5) is 0. The van der Waals surface area contributed by atoms with E-state index in [0.717, 1.165) is 39.3 Å². The topological polar surface area (TPSA) is 30.5 Å². The summed E-state index contributed by atoms with van der Waals surface area (Å²) >= 11 is 0. The van der Waals surface area contributed by atoms with Crippen molar-refractivity contribution in [3.8, 4) is 0 Å². The van der Waals surface area contributed by atoms with Gasteiger partial charge in [0.25, 0.3) is 0 Å². The Kier molecular flexibility index (Phi) is 9.33. The summed E-state index contributed by atoms with van der Waals surface area (Å²) in [5, 5.41) is 3.32. The first-order valence-electron chi connectivity index (χ1n) is 7.29. The first-order valence-corrected chi connectivity index (χ1v) is 7.29. The summed E-state index contributed by atoms with van der Waals surface area (Å²) in [6, 6.07) is 10.3. The number of unbranched alkanes of at least 4 members (excludes halogenated alkanes) is 1. The molecule has 0 saturated carbocycles. The highest BCUT2D eigenvalue weighted by atomic mass is 16.5. The maximum absolute atomic E-state index is 5.77. The van der Waals surface area contributed by atoms with E-state index in [1.165, 1.54) is 12.0 Å². The molecule has 3 nitrogen and oxygen atoms in total. The van der Waals surface area contributed by atoms with Gasteiger partial charge in [-0.15, -0.1) is 0 Å². The summed E-state index contributed by atoms with van der Waals surface area (Å²) in [6.45, 7) is 8.41. The van der Waals surface area contributed by atoms with E-state index >= 15 is 0 Å². The lowest BCUT2D eigenvalue weighted by atomic mass is 10.1. The van der Waals surface area contributed by atoms with Crippen LogP contribution in [0.4, 0.5) is 0 Å². The van der Waals surface area contributed by atoms with Crippen molar-refractivity contribution >= 4 is 0 Å². The molecule has 0 radical (unpaired) electrons. The molecule has 108 valence electrons. The first kappa shape index (κ1) is 16.2. The number of rotatable bonds is 11. The van der Waals surface area contributed by atoms with Crippen molar-refractivity contribution in [2.24, 2.45) is 0 Å². The monoisotopic (exact) mass is 265 g/mol. The van der Waals surface area contributed by atoms with E-state index in [2.05, 4.69) is 31.3 Å². The van der Waals surface area contributed by atoms with E-state index in [0.29, 0.717) is 0 Å². The van der Waals surface area contributed by atoms with Gasteiger partial charge in [0, 0.05) is 19.7 Å². The van der Waals surface area contributed by atoms with Crippen LogP contribution in [0.25, 0.3) is 0 Å². The fourth-order valence-corrected chi connectivity index (χ4v) is 1.75. The highest BCUT2D eigenvalue weighted by Crippen LogP contribution is 2.14. The maximum atomic E-state index is 5.77. The van der Waals surface area contributed by atoms with Crippen LogP contribution in [0.3, 0.4) is 0 Å². The minimum Gasteiger partial charge on any atom is -0.380 e. The van der Waals surface area contributed by atoms with Gasteiger partial charge in [-0.2, -0.15) is 0 Å². The van der Waals surface area contributed by atoms with Crippen LogP contribution in [0.2, 0.25) is 0 Å². The molecule has 0 aliphatic carbocycles. The molecule has 0 saturated heterocycles. The van der Waals surface area contributed by atoms with Crippen LogP contribution in [0.1, 0.15) is 38.4 Å². The SMILES string of the molecule is CCCCOCCNCCOC(C)c1ccccc1. The molecule has 1 rings (SSSR count). The lowest BCUT2D eigenvalue weighted by molar-refractivity contribution is 0.0658. The number of ether oxygens (including phenoxy) is 2. The third-order valence-corrected chi connectivity index (χ3v) is 2.98. The Bertz CT molecular complexity index is 303. The van der Waals surface area contributed by atoms with Gasteiger partial charge in [0.05, 0.1) is 19.3 Å². The lowest BCUT2D eigenvalue weighted by Crippen LogP contribution is -2.24. The Morgan fingerprint density at radius 3 is 2.53 bits per heavy atom. The molecule has 0 amide bonds. The van der Waals surface area contributed by atoms with E-state index in [9.17, 15) is 0 Å². The van der Waals surface area contributed by atoms with Gasteiger partial charge in [-0.25, -0.2) is 0 Å². The van der Waals surface area contributed by atoms with E-state index in [1.54, 1.807) is 0 Å². The molecule has 1 unspecified atom stereocenters. The van der Waals surface area contributed by atoms with Crippen molar-refractivity contribution in [3.05, 3.63) is 35.9 Å². The molecular weight excluding hydrogens is 238 g/mol. The molecule has 0 aliphatic rings. The predicted octanol–water partition coefficient (Wildman–Crippen LogP) is 3.17. The summed E-state index contributed by atoms with van der Waals surface area (Å²) in [7, 11) is 0. The van der Waals surface area contributed by atoms with Gasteiger partial charge in [0.1, 0.15) is 0 Å². The smallest absolute Gasteiger partial charge is 0.0797 e. The molecule has 19 heavy (non-hydrogen) atoms. The third kappa shape index (κ3) is 7.98. The maximum Gasteiger partial charge on any atom is 0.0797 e. The molecule has 1 aromatic rings. The molecule has 0 aliphatic heterocycles. The number of nitrogens with one attached hydrogen (secondary N) is 1. The molecule has 1 aromatic carbocycles. The zero-order chi connectivity index (χ0) is 13.8. The largest absolute Gasteiger partial charge is 0.380 e. The number of hydrogen-bond donors (Lipinski definition) is 1. The van der Waals surface area contributed by atoms with Gasteiger partial charge in [0.2, 0.25) is 0 Å². The summed E-state index contributed by atoms with van der Waals surface area (Å²) in [5.74, 6) is 0. The fraction of sp³-hybridized carbons (Fsp3) is 0.625. The van der Waals surface area contributed by atoms with E-state index in [-0.39, 0.29) is 6.10 Å². The molecule has 1 atom stereocenters. The highest BCUT2D eigenvalue weighted by molar-refractivity contribution is 5.16. The second-order valence-corrected chi connectivity index (χ2v) is 4.64. The van der Waals surface area contributed by atoms with Crippen LogP contribution < -0.4 is 5.32 Å². The van der Waals surface area contributed by atoms with Crippen molar-refractivity contribution in [1.82, 2.24) is 5.32 Å². The Labute approximate surface area is 117 Å². The molecular formula is C16H27NO2. The quantitative estimate of drug-likeness (QED) is 0.623. The second-order valence-electron chi connectivity index (χ2n) is 4.64. The van der Waals surface area contributed by atoms with Gasteiger partial charge in [-0.3, -0.25) is 0 Å². The Hall–Kier alpha value is -0.900.